The second kappa shape index (κ2) is 8.31. The Morgan fingerprint density at radius 2 is 1.92 bits per heavy atom. The van der Waals surface area contributed by atoms with Crippen molar-refractivity contribution in [2.75, 3.05) is 12.9 Å². The number of hydrogen-bond donors (Lipinski definition) is 1. The van der Waals surface area contributed by atoms with E-state index in [1.54, 1.807) is 12.1 Å². The van der Waals surface area contributed by atoms with E-state index in [1.165, 1.54) is 35.7 Å². The Balaban J connectivity index is 1.68. The van der Waals surface area contributed by atoms with E-state index in [9.17, 15) is 4.79 Å². The molecule has 1 fully saturated rings. The zero-order valence-electron chi connectivity index (χ0n) is 15.1. The monoisotopic (exact) mass is 393 g/mol. The summed E-state index contributed by atoms with van der Waals surface area (Å²) in [6.07, 6.45) is 5.85. The van der Waals surface area contributed by atoms with Crippen LogP contribution in [0.25, 0.3) is 11.4 Å². The van der Waals surface area contributed by atoms with E-state index in [0.717, 1.165) is 18.4 Å². The molecular weight excluding hydrogens is 370 g/mol. The zero-order chi connectivity index (χ0) is 18.7. The summed E-state index contributed by atoms with van der Waals surface area (Å²) < 4.78 is 1.43. The first kappa shape index (κ1) is 19.0. The lowest BCUT2D eigenvalue weighted by molar-refractivity contribution is -0.131. The van der Waals surface area contributed by atoms with E-state index < -0.39 is 0 Å². The van der Waals surface area contributed by atoms with Crippen LogP contribution in [-0.2, 0) is 4.79 Å². The van der Waals surface area contributed by atoms with Crippen molar-refractivity contribution in [1.29, 1.82) is 0 Å². The van der Waals surface area contributed by atoms with E-state index in [4.69, 9.17) is 17.4 Å². The summed E-state index contributed by atoms with van der Waals surface area (Å²) in [5.74, 6) is 6.81. The molecule has 1 saturated carbocycles. The van der Waals surface area contributed by atoms with Crippen molar-refractivity contribution in [2.24, 2.45) is 0 Å². The number of amides is 1. The number of halogens is 1. The van der Waals surface area contributed by atoms with E-state index in [-0.39, 0.29) is 11.2 Å². The van der Waals surface area contributed by atoms with Crippen molar-refractivity contribution in [3.05, 3.63) is 29.3 Å². The van der Waals surface area contributed by atoms with Crippen LogP contribution in [0.1, 0.15) is 39.0 Å². The van der Waals surface area contributed by atoms with Gasteiger partial charge in [0.1, 0.15) is 0 Å². The van der Waals surface area contributed by atoms with Crippen LogP contribution < -0.4 is 5.84 Å². The maximum Gasteiger partial charge on any atom is 0.235 e. The highest BCUT2D eigenvalue weighted by Crippen LogP contribution is 2.28. The van der Waals surface area contributed by atoms with Crippen LogP contribution in [0.3, 0.4) is 0 Å². The van der Waals surface area contributed by atoms with Crippen molar-refractivity contribution in [1.82, 2.24) is 19.8 Å². The third-order valence-electron chi connectivity index (χ3n) is 4.87. The molecular formula is C18H24ClN5OS. The number of rotatable bonds is 5. The average Bonchev–Trinajstić information content (AvgIpc) is 3.02. The number of thioether (sulfide) groups is 1. The zero-order valence-corrected chi connectivity index (χ0v) is 16.6. The number of nitrogens with zero attached hydrogens (tertiary/aromatic N) is 4. The first-order chi connectivity index (χ1) is 12.5. The second-order valence-electron chi connectivity index (χ2n) is 6.68. The Kier molecular flexibility index (Phi) is 6.09. The maximum atomic E-state index is 12.8. The van der Waals surface area contributed by atoms with Crippen LogP contribution in [0.5, 0.6) is 0 Å². The highest BCUT2D eigenvalue weighted by Gasteiger charge is 2.27. The van der Waals surface area contributed by atoms with Gasteiger partial charge in [0.15, 0.2) is 5.82 Å². The number of carbonyl (C=O) groups is 1. The van der Waals surface area contributed by atoms with Gasteiger partial charge in [0, 0.05) is 23.7 Å². The van der Waals surface area contributed by atoms with E-state index in [1.807, 2.05) is 31.0 Å². The largest absolute Gasteiger partial charge is 0.342 e. The molecule has 1 aliphatic rings. The minimum absolute atomic E-state index is 0.109. The molecule has 1 aliphatic carbocycles. The molecule has 0 aliphatic heterocycles. The lowest BCUT2D eigenvalue weighted by Crippen LogP contribution is -2.42. The highest BCUT2D eigenvalue weighted by molar-refractivity contribution is 8.00. The van der Waals surface area contributed by atoms with Crippen LogP contribution in [0.4, 0.5) is 0 Å². The molecule has 0 spiro atoms. The molecule has 1 amide bonds. The Hall–Kier alpha value is -1.73. The summed E-state index contributed by atoms with van der Waals surface area (Å²) in [7, 11) is 1.90. The van der Waals surface area contributed by atoms with Gasteiger partial charge in [-0.2, -0.15) is 0 Å². The number of nitrogens with two attached hydrogens (primary N) is 1. The molecule has 1 aromatic heterocycles. The first-order valence-electron chi connectivity index (χ1n) is 8.87. The molecule has 2 N–H and O–H groups in total. The van der Waals surface area contributed by atoms with E-state index in [2.05, 4.69) is 10.2 Å². The number of nitrogen functional groups attached to an aromatic ring is 1. The summed E-state index contributed by atoms with van der Waals surface area (Å²) in [4.78, 5) is 14.7. The fraction of sp³-hybridized carbons (Fsp3) is 0.500. The minimum Gasteiger partial charge on any atom is -0.342 e. The summed E-state index contributed by atoms with van der Waals surface area (Å²) >= 11 is 7.26. The smallest absolute Gasteiger partial charge is 0.235 e. The number of hydrogen-bond acceptors (Lipinski definition) is 5. The summed E-state index contributed by atoms with van der Waals surface area (Å²) in [5.41, 5.74) is 0.828. The molecule has 3 rings (SSSR count). The standard InChI is InChI=1S/C18H24ClN5OS/c1-12(17(25)23(2)15-6-4-3-5-7-15)26-18-22-21-16(24(18)20)13-8-10-14(19)11-9-13/h8-12,15H,3-7,20H2,1-2H3/t12-/m1/s1. The molecule has 1 aromatic carbocycles. The Morgan fingerprint density at radius 1 is 1.27 bits per heavy atom. The van der Waals surface area contributed by atoms with E-state index in [0.29, 0.717) is 22.0 Å². The second-order valence-corrected chi connectivity index (χ2v) is 8.43. The Morgan fingerprint density at radius 3 is 2.58 bits per heavy atom. The summed E-state index contributed by atoms with van der Waals surface area (Å²) in [6.45, 7) is 1.89. The Labute approximate surface area is 163 Å². The van der Waals surface area contributed by atoms with Crippen LogP contribution in [0.15, 0.2) is 29.4 Å². The van der Waals surface area contributed by atoms with Gasteiger partial charge in [-0.05, 0) is 44.0 Å². The van der Waals surface area contributed by atoms with Gasteiger partial charge in [-0.15, -0.1) is 10.2 Å². The molecule has 0 unspecified atom stereocenters. The average molecular weight is 394 g/mol. The minimum atomic E-state index is -0.272. The van der Waals surface area contributed by atoms with Crippen molar-refractivity contribution >= 4 is 29.3 Å². The van der Waals surface area contributed by atoms with Gasteiger partial charge in [-0.1, -0.05) is 42.6 Å². The molecule has 1 heterocycles. The van der Waals surface area contributed by atoms with Gasteiger partial charge in [0.25, 0.3) is 0 Å². The molecule has 8 heteroatoms. The normalized spacial score (nSPS) is 16.4. The molecule has 6 nitrogen and oxygen atoms in total. The lowest BCUT2D eigenvalue weighted by Gasteiger charge is -2.32. The topological polar surface area (TPSA) is 77.0 Å². The van der Waals surface area contributed by atoms with E-state index >= 15 is 0 Å². The van der Waals surface area contributed by atoms with Gasteiger partial charge in [-0.25, -0.2) is 4.68 Å². The Bertz CT molecular complexity index is 757. The van der Waals surface area contributed by atoms with Crippen molar-refractivity contribution < 1.29 is 4.79 Å². The molecule has 2 aromatic rings. The summed E-state index contributed by atoms with van der Waals surface area (Å²) in [6, 6.07) is 7.60. The quantitative estimate of drug-likeness (QED) is 0.620. The predicted molar refractivity (Wildman–Crippen MR) is 106 cm³/mol. The van der Waals surface area contributed by atoms with Gasteiger partial charge in [0.05, 0.1) is 5.25 Å². The number of aromatic nitrogens is 3. The molecule has 0 bridgehead atoms. The third kappa shape index (κ3) is 4.15. The van der Waals surface area contributed by atoms with Gasteiger partial charge < -0.3 is 10.7 Å². The SMILES string of the molecule is C[C@@H](Sc1nnc(-c2ccc(Cl)cc2)n1N)C(=O)N(C)C1CCCCC1. The van der Waals surface area contributed by atoms with Crippen molar-refractivity contribution in [2.45, 2.75) is 55.5 Å². The van der Waals surface area contributed by atoms with Crippen LogP contribution in [0, 0.1) is 0 Å². The van der Waals surface area contributed by atoms with Crippen LogP contribution >= 0.6 is 23.4 Å². The fourth-order valence-corrected chi connectivity index (χ4v) is 4.29. The van der Waals surface area contributed by atoms with Crippen LogP contribution in [0.2, 0.25) is 5.02 Å². The van der Waals surface area contributed by atoms with Gasteiger partial charge in [0.2, 0.25) is 11.1 Å². The molecule has 0 radical (unpaired) electrons. The number of benzene rings is 1. The number of carbonyl (C=O) groups excluding carboxylic acids is 1. The fourth-order valence-electron chi connectivity index (χ4n) is 3.30. The lowest BCUT2D eigenvalue weighted by atomic mass is 9.94. The molecule has 26 heavy (non-hydrogen) atoms. The first-order valence-corrected chi connectivity index (χ1v) is 10.1. The summed E-state index contributed by atoms with van der Waals surface area (Å²) in [5, 5.41) is 9.22. The predicted octanol–water partition coefficient (Wildman–Crippen LogP) is 3.58. The van der Waals surface area contributed by atoms with Crippen molar-refractivity contribution in [3.63, 3.8) is 0 Å². The van der Waals surface area contributed by atoms with Crippen LogP contribution in [-0.4, -0.2) is 44.0 Å². The van der Waals surface area contributed by atoms with Crippen molar-refractivity contribution in [3.8, 4) is 11.4 Å². The molecule has 140 valence electrons. The highest BCUT2D eigenvalue weighted by atomic mass is 35.5. The third-order valence-corrected chi connectivity index (χ3v) is 6.16. The molecule has 1 atom stereocenters. The molecule has 0 saturated heterocycles. The van der Waals surface area contributed by atoms with Gasteiger partial charge in [-0.3, -0.25) is 4.79 Å². The maximum absolute atomic E-state index is 12.8. The van der Waals surface area contributed by atoms with Gasteiger partial charge >= 0.3 is 0 Å².